The van der Waals surface area contributed by atoms with Crippen molar-refractivity contribution >= 4 is 35.1 Å². The van der Waals surface area contributed by atoms with Crippen molar-refractivity contribution in [3.05, 3.63) is 12.7 Å². The van der Waals surface area contributed by atoms with E-state index in [1.54, 1.807) is 23.8 Å². The summed E-state index contributed by atoms with van der Waals surface area (Å²) in [6, 6.07) is 0. The minimum absolute atomic E-state index is 0.605. The number of rotatable bonds is 10. The third-order valence-corrected chi connectivity index (χ3v) is 7.22. The highest BCUT2D eigenvalue weighted by Crippen LogP contribution is 2.55. The lowest BCUT2D eigenvalue weighted by Gasteiger charge is -2.20. The van der Waals surface area contributed by atoms with Crippen molar-refractivity contribution in [2.75, 3.05) is 18.9 Å². The lowest BCUT2D eigenvalue weighted by Crippen LogP contribution is -2.08. The summed E-state index contributed by atoms with van der Waals surface area (Å²) >= 11 is 7.19. The standard InChI is InChI=1S/C10H21N2OPS2/c1-4-7-9-16-14(15,13-6-3)12-10-11-8-5-2/h5,10H,2,4,6-9H2,1,3H3,(H,11,12,15). The zero-order valence-electron chi connectivity index (χ0n) is 10.0. The topological polar surface area (TPSA) is 33.6 Å². The van der Waals surface area contributed by atoms with Gasteiger partial charge in [0.1, 0.15) is 0 Å². The third kappa shape index (κ3) is 8.34. The van der Waals surface area contributed by atoms with Gasteiger partial charge in [-0.15, -0.1) is 6.58 Å². The predicted molar refractivity (Wildman–Crippen MR) is 80.0 cm³/mol. The van der Waals surface area contributed by atoms with Crippen LogP contribution >= 0.6 is 17.0 Å². The molecule has 94 valence electrons. The van der Waals surface area contributed by atoms with Crippen LogP contribution in [0.2, 0.25) is 0 Å². The van der Waals surface area contributed by atoms with Crippen molar-refractivity contribution in [2.45, 2.75) is 26.7 Å². The minimum atomic E-state index is -1.97. The normalized spacial score (nSPS) is 14.9. The second-order valence-electron chi connectivity index (χ2n) is 3.01. The van der Waals surface area contributed by atoms with Crippen LogP contribution in [0.1, 0.15) is 26.7 Å². The van der Waals surface area contributed by atoms with Crippen LogP contribution < -0.4 is 5.09 Å². The quantitative estimate of drug-likeness (QED) is 0.218. The first-order valence-corrected chi connectivity index (χ1v) is 9.75. The molecule has 16 heavy (non-hydrogen) atoms. The lowest BCUT2D eigenvalue weighted by atomic mass is 10.4. The van der Waals surface area contributed by atoms with E-state index in [1.807, 2.05) is 6.92 Å². The van der Waals surface area contributed by atoms with Gasteiger partial charge in [0.25, 0.3) is 0 Å². The lowest BCUT2D eigenvalue weighted by molar-refractivity contribution is 0.383. The highest BCUT2D eigenvalue weighted by molar-refractivity contribution is 8.68. The summed E-state index contributed by atoms with van der Waals surface area (Å²) in [6.45, 7) is 8.97. The van der Waals surface area contributed by atoms with Gasteiger partial charge in [-0.1, -0.05) is 30.8 Å². The molecule has 6 heteroatoms. The average Bonchev–Trinajstić information content (AvgIpc) is 2.25. The number of hydrogen-bond donors (Lipinski definition) is 1. The summed E-state index contributed by atoms with van der Waals surface area (Å²) in [4.78, 5) is 4.10. The number of hydrogen-bond acceptors (Lipinski definition) is 4. The van der Waals surface area contributed by atoms with Crippen molar-refractivity contribution in [3.63, 3.8) is 0 Å². The Balaban J connectivity index is 4.10. The highest BCUT2D eigenvalue weighted by Gasteiger charge is 2.15. The fraction of sp³-hybridized carbons (Fsp3) is 0.700. The zero-order valence-corrected chi connectivity index (χ0v) is 12.5. The van der Waals surface area contributed by atoms with E-state index >= 15 is 0 Å². The summed E-state index contributed by atoms with van der Waals surface area (Å²) in [5.41, 5.74) is -1.97. The van der Waals surface area contributed by atoms with E-state index in [-0.39, 0.29) is 0 Å². The van der Waals surface area contributed by atoms with E-state index < -0.39 is 5.62 Å². The van der Waals surface area contributed by atoms with Crippen LogP contribution in [0, 0.1) is 0 Å². The molecule has 1 unspecified atom stereocenters. The minimum Gasteiger partial charge on any atom is -0.327 e. The molecule has 1 N–H and O–H groups in total. The SMILES string of the molecule is C=CC/N=C/NP(=S)(OCC)SCCCC. The molecule has 0 fully saturated rings. The van der Waals surface area contributed by atoms with Crippen molar-refractivity contribution < 1.29 is 4.52 Å². The van der Waals surface area contributed by atoms with Crippen molar-refractivity contribution in [3.8, 4) is 0 Å². The van der Waals surface area contributed by atoms with Gasteiger partial charge >= 0.3 is 0 Å². The number of nitrogens with one attached hydrogen (secondary N) is 1. The Kier molecular flexibility index (Phi) is 10.4. The van der Waals surface area contributed by atoms with Crippen LogP contribution in [-0.4, -0.2) is 25.2 Å². The first-order valence-electron chi connectivity index (χ1n) is 5.44. The van der Waals surface area contributed by atoms with Gasteiger partial charge in [-0.05, 0) is 25.2 Å². The molecule has 0 spiro atoms. The second-order valence-corrected chi connectivity index (χ2v) is 9.75. The third-order valence-electron chi connectivity index (χ3n) is 1.60. The van der Waals surface area contributed by atoms with Crippen molar-refractivity contribution in [2.24, 2.45) is 4.99 Å². The maximum atomic E-state index is 5.62. The van der Waals surface area contributed by atoms with Crippen LogP contribution in [0.5, 0.6) is 0 Å². The van der Waals surface area contributed by atoms with Crippen LogP contribution in [0.15, 0.2) is 17.6 Å². The number of unbranched alkanes of at least 4 members (excludes halogenated alkanes) is 1. The van der Waals surface area contributed by atoms with Crippen LogP contribution in [0.3, 0.4) is 0 Å². The van der Waals surface area contributed by atoms with Gasteiger partial charge in [0.05, 0.1) is 19.5 Å². The van der Waals surface area contributed by atoms with Gasteiger partial charge in [0.2, 0.25) is 5.62 Å². The molecular formula is C10H21N2OPS2. The largest absolute Gasteiger partial charge is 0.327 e. The van der Waals surface area contributed by atoms with Gasteiger partial charge in [0.15, 0.2) is 0 Å². The van der Waals surface area contributed by atoms with Gasteiger partial charge in [-0.2, -0.15) is 0 Å². The molecule has 0 amide bonds. The van der Waals surface area contributed by atoms with E-state index in [4.69, 9.17) is 16.3 Å². The molecule has 3 nitrogen and oxygen atoms in total. The van der Waals surface area contributed by atoms with Gasteiger partial charge < -0.3 is 9.61 Å². The average molecular weight is 280 g/mol. The van der Waals surface area contributed by atoms with E-state index in [1.165, 1.54) is 12.8 Å². The highest BCUT2D eigenvalue weighted by atomic mass is 32.9. The fourth-order valence-electron chi connectivity index (χ4n) is 0.850. The van der Waals surface area contributed by atoms with Gasteiger partial charge in [-0.25, -0.2) is 0 Å². The molecule has 0 aromatic rings. The Hall–Kier alpha value is 0.170. The first kappa shape index (κ1) is 16.2. The van der Waals surface area contributed by atoms with E-state index in [0.29, 0.717) is 13.2 Å². The molecular weight excluding hydrogens is 259 g/mol. The monoisotopic (exact) mass is 280 g/mol. The number of nitrogens with zero attached hydrogens (tertiary/aromatic N) is 1. The molecule has 0 saturated heterocycles. The van der Waals surface area contributed by atoms with E-state index in [0.717, 1.165) is 5.75 Å². The Morgan fingerprint density at radius 1 is 1.56 bits per heavy atom. The van der Waals surface area contributed by atoms with Gasteiger partial charge in [0, 0.05) is 5.75 Å². The first-order chi connectivity index (χ1) is 7.68. The maximum absolute atomic E-state index is 5.62. The Morgan fingerprint density at radius 3 is 2.88 bits per heavy atom. The Bertz CT molecular complexity index is 259. The van der Waals surface area contributed by atoms with Crippen molar-refractivity contribution in [1.29, 1.82) is 0 Å². The maximum Gasteiger partial charge on any atom is 0.211 e. The van der Waals surface area contributed by atoms with Gasteiger partial charge in [-0.3, -0.25) is 4.99 Å². The molecule has 0 bridgehead atoms. The fourth-order valence-corrected chi connectivity index (χ4v) is 5.44. The molecule has 0 aliphatic rings. The summed E-state index contributed by atoms with van der Waals surface area (Å²) in [5.74, 6) is 1.04. The van der Waals surface area contributed by atoms with Crippen LogP contribution in [0.25, 0.3) is 0 Å². The van der Waals surface area contributed by atoms with E-state index in [9.17, 15) is 0 Å². The van der Waals surface area contributed by atoms with E-state index in [2.05, 4.69) is 23.6 Å². The summed E-state index contributed by atoms with van der Waals surface area (Å²) in [7, 11) is 0. The molecule has 1 atom stereocenters. The molecule has 0 aliphatic carbocycles. The predicted octanol–water partition coefficient (Wildman–Crippen LogP) is 3.58. The summed E-state index contributed by atoms with van der Waals surface area (Å²) in [6.07, 6.45) is 5.74. The molecule has 0 radical (unpaired) electrons. The Morgan fingerprint density at radius 2 is 2.31 bits per heavy atom. The molecule has 0 aromatic heterocycles. The molecule has 0 rings (SSSR count). The Labute approximate surface area is 108 Å². The number of aliphatic imine (C=N–C) groups is 1. The second kappa shape index (κ2) is 10.3. The molecule has 0 aliphatic heterocycles. The summed E-state index contributed by atoms with van der Waals surface area (Å²) in [5, 5.41) is 3.12. The van der Waals surface area contributed by atoms with Crippen LogP contribution in [-0.2, 0) is 16.3 Å². The van der Waals surface area contributed by atoms with Crippen molar-refractivity contribution in [1.82, 2.24) is 5.09 Å². The molecule has 0 saturated carbocycles. The zero-order chi connectivity index (χ0) is 12.3. The molecule has 0 heterocycles. The smallest absolute Gasteiger partial charge is 0.211 e. The van der Waals surface area contributed by atoms with Crippen LogP contribution in [0.4, 0.5) is 0 Å². The molecule has 0 aromatic carbocycles. The summed E-state index contributed by atoms with van der Waals surface area (Å²) < 4.78 is 5.62.